The highest BCUT2D eigenvalue weighted by atomic mass is 16.3. The zero-order valence-electron chi connectivity index (χ0n) is 8.70. The Balaban J connectivity index is 2.40. The van der Waals surface area contributed by atoms with Crippen molar-refractivity contribution in [1.82, 2.24) is 9.88 Å². The summed E-state index contributed by atoms with van der Waals surface area (Å²) in [4.78, 5) is 6.60. The van der Waals surface area contributed by atoms with Crippen LogP contribution in [-0.2, 0) is 6.54 Å². The molecule has 1 N–H and O–H groups in total. The van der Waals surface area contributed by atoms with E-state index in [2.05, 4.69) is 23.9 Å². The minimum Gasteiger partial charge on any atom is -0.506 e. The Morgan fingerprint density at radius 3 is 3.14 bits per heavy atom. The Labute approximate surface area is 84.4 Å². The number of aromatic nitrogens is 1. The molecule has 0 amide bonds. The molecule has 14 heavy (non-hydrogen) atoms. The van der Waals surface area contributed by atoms with Crippen LogP contribution < -0.4 is 0 Å². The third-order valence-corrected chi connectivity index (χ3v) is 2.84. The topological polar surface area (TPSA) is 36.4 Å². The summed E-state index contributed by atoms with van der Waals surface area (Å²) in [6, 6.07) is 1.83. The Bertz CT molecular complexity index is 338. The number of rotatable bonds is 1. The second kappa shape index (κ2) is 3.58. The first kappa shape index (κ1) is 9.46. The van der Waals surface area contributed by atoms with E-state index in [-0.39, 0.29) is 5.75 Å². The first-order chi connectivity index (χ1) is 6.70. The van der Waals surface area contributed by atoms with E-state index in [0.717, 1.165) is 19.5 Å². The van der Waals surface area contributed by atoms with E-state index in [0.29, 0.717) is 5.92 Å². The Morgan fingerprint density at radius 1 is 1.64 bits per heavy atom. The summed E-state index contributed by atoms with van der Waals surface area (Å²) in [6.07, 6.45) is 2.65. The lowest BCUT2D eigenvalue weighted by Gasteiger charge is -2.30. The molecule has 1 aliphatic heterocycles. The van der Waals surface area contributed by atoms with Gasteiger partial charge < -0.3 is 10.0 Å². The zero-order chi connectivity index (χ0) is 10.1. The molecule has 3 heteroatoms. The third kappa shape index (κ3) is 1.60. The summed E-state index contributed by atoms with van der Waals surface area (Å²) in [5.74, 6) is 0.790. The molecule has 0 aliphatic carbocycles. The number of fused-ring (bicyclic) bond motifs is 1. The number of nitrogens with zero attached hydrogens (tertiary/aromatic N) is 2. The van der Waals surface area contributed by atoms with E-state index in [1.54, 1.807) is 6.20 Å². The van der Waals surface area contributed by atoms with Crippen molar-refractivity contribution in [2.75, 3.05) is 13.6 Å². The first-order valence-corrected chi connectivity index (χ1v) is 5.07. The summed E-state index contributed by atoms with van der Waals surface area (Å²) in [6.45, 7) is 4.15. The van der Waals surface area contributed by atoms with Crippen molar-refractivity contribution in [3.8, 4) is 5.75 Å². The fourth-order valence-corrected chi connectivity index (χ4v) is 2.14. The van der Waals surface area contributed by atoms with E-state index in [1.165, 1.54) is 11.3 Å². The van der Waals surface area contributed by atoms with E-state index < -0.39 is 0 Å². The molecule has 1 aromatic rings. The molecule has 0 saturated heterocycles. The molecule has 0 spiro atoms. The van der Waals surface area contributed by atoms with Crippen LogP contribution in [0.5, 0.6) is 5.75 Å². The number of likely N-dealkylation sites (N-methyl/N-ethyl adjacent to an activating group) is 1. The van der Waals surface area contributed by atoms with Gasteiger partial charge in [-0.3, -0.25) is 4.98 Å². The highest BCUT2D eigenvalue weighted by Gasteiger charge is 2.23. The van der Waals surface area contributed by atoms with Crippen molar-refractivity contribution in [2.45, 2.75) is 25.8 Å². The van der Waals surface area contributed by atoms with Crippen LogP contribution >= 0.6 is 0 Å². The van der Waals surface area contributed by atoms with Gasteiger partial charge in [-0.15, -0.1) is 0 Å². The Kier molecular flexibility index (Phi) is 2.42. The average molecular weight is 192 g/mol. The van der Waals surface area contributed by atoms with Crippen molar-refractivity contribution >= 4 is 0 Å². The Morgan fingerprint density at radius 2 is 2.43 bits per heavy atom. The molecule has 0 fully saturated rings. The van der Waals surface area contributed by atoms with E-state index in [9.17, 15) is 5.11 Å². The lowest BCUT2D eigenvalue weighted by Crippen LogP contribution is -2.30. The maximum atomic E-state index is 9.35. The molecule has 1 aromatic heterocycles. The number of hydrogen-bond donors (Lipinski definition) is 1. The minimum absolute atomic E-state index is 0.272. The summed E-state index contributed by atoms with van der Waals surface area (Å²) in [7, 11) is 2.11. The van der Waals surface area contributed by atoms with Crippen molar-refractivity contribution < 1.29 is 5.11 Å². The van der Waals surface area contributed by atoms with Gasteiger partial charge in [-0.1, -0.05) is 6.92 Å². The second-order valence-electron chi connectivity index (χ2n) is 4.04. The van der Waals surface area contributed by atoms with Gasteiger partial charge in [0.1, 0.15) is 5.75 Å². The van der Waals surface area contributed by atoms with Gasteiger partial charge in [-0.2, -0.15) is 0 Å². The molecule has 1 unspecified atom stereocenters. The van der Waals surface area contributed by atoms with E-state index in [4.69, 9.17) is 0 Å². The molecule has 0 saturated carbocycles. The normalized spacial score (nSPS) is 22.0. The van der Waals surface area contributed by atoms with Crippen molar-refractivity contribution in [2.24, 2.45) is 0 Å². The molecule has 0 radical (unpaired) electrons. The molecule has 0 bridgehead atoms. The summed E-state index contributed by atoms with van der Waals surface area (Å²) >= 11 is 0. The number of hydrogen-bond acceptors (Lipinski definition) is 3. The van der Waals surface area contributed by atoms with Crippen molar-refractivity contribution in [3.63, 3.8) is 0 Å². The third-order valence-electron chi connectivity index (χ3n) is 2.84. The zero-order valence-corrected chi connectivity index (χ0v) is 8.70. The lowest BCUT2D eigenvalue weighted by atomic mass is 9.93. The van der Waals surface area contributed by atoms with Crippen LogP contribution in [0.3, 0.4) is 0 Å². The fourth-order valence-electron chi connectivity index (χ4n) is 2.14. The fraction of sp³-hybridized carbons (Fsp3) is 0.545. The maximum Gasteiger partial charge on any atom is 0.134 e. The molecule has 1 atom stereocenters. The van der Waals surface area contributed by atoms with Crippen LogP contribution in [0.1, 0.15) is 30.5 Å². The smallest absolute Gasteiger partial charge is 0.134 e. The maximum absolute atomic E-state index is 9.35. The highest BCUT2D eigenvalue weighted by molar-refractivity contribution is 5.32. The predicted octanol–water partition coefficient (Wildman–Crippen LogP) is 1.73. The quantitative estimate of drug-likeness (QED) is 0.736. The van der Waals surface area contributed by atoms with Crippen LogP contribution in [0, 0.1) is 0 Å². The molecule has 1 aliphatic rings. The van der Waals surface area contributed by atoms with Gasteiger partial charge in [0.15, 0.2) is 0 Å². The molecule has 2 rings (SSSR count). The van der Waals surface area contributed by atoms with Gasteiger partial charge in [0.25, 0.3) is 0 Å². The summed E-state index contributed by atoms with van der Waals surface area (Å²) < 4.78 is 0. The molecular formula is C11H16N2O. The number of pyridine rings is 1. The van der Waals surface area contributed by atoms with Gasteiger partial charge in [0.05, 0.1) is 6.20 Å². The number of aromatic hydroxyl groups is 1. The van der Waals surface area contributed by atoms with E-state index >= 15 is 0 Å². The van der Waals surface area contributed by atoms with Crippen molar-refractivity contribution in [1.29, 1.82) is 0 Å². The monoisotopic (exact) mass is 192 g/mol. The highest BCUT2D eigenvalue weighted by Crippen LogP contribution is 2.29. The Hall–Kier alpha value is -1.09. The summed E-state index contributed by atoms with van der Waals surface area (Å²) in [5.41, 5.74) is 2.34. The van der Waals surface area contributed by atoms with Gasteiger partial charge in [0.2, 0.25) is 0 Å². The van der Waals surface area contributed by atoms with E-state index in [1.807, 2.05) is 6.07 Å². The molecule has 0 aromatic carbocycles. The van der Waals surface area contributed by atoms with Gasteiger partial charge in [-0.05, 0) is 25.1 Å². The van der Waals surface area contributed by atoms with Crippen molar-refractivity contribution in [3.05, 3.63) is 23.5 Å². The lowest BCUT2D eigenvalue weighted by molar-refractivity contribution is 0.272. The van der Waals surface area contributed by atoms with Crippen LogP contribution in [0.15, 0.2) is 12.3 Å². The van der Waals surface area contributed by atoms with Crippen LogP contribution in [0.4, 0.5) is 0 Å². The largest absolute Gasteiger partial charge is 0.506 e. The van der Waals surface area contributed by atoms with Gasteiger partial charge in [0, 0.05) is 24.7 Å². The predicted molar refractivity (Wildman–Crippen MR) is 55.3 cm³/mol. The molecular weight excluding hydrogens is 176 g/mol. The van der Waals surface area contributed by atoms with Gasteiger partial charge >= 0.3 is 0 Å². The van der Waals surface area contributed by atoms with Gasteiger partial charge in [-0.25, -0.2) is 0 Å². The van der Waals surface area contributed by atoms with Crippen LogP contribution in [0.25, 0.3) is 0 Å². The SMILES string of the molecule is CCC1CN(C)Cc2cc(O)cnc21. The van der Waals surface area contributed by atoms with Crippen LogP contribution in [0.2, 0.25) is 0 Å². The van der Waals surface area contributed by atoms with Crippen LogP contribution in [-0.4, -0.2) is 28.6 Å². The average Bonchev–Trinajstić information content (AvgIpc) is 2.15. The molecule has 76 valence electrons. The summed E-state index contributed by atoms with van der Waals surface area (Å²) in [5, 5.41) is 9.35. The standard InChI is InChI=1S/C11H16N2O/c1-3-8-6-13(2)7-9-4-10(14)5-12-11(8)9/h4-5,8,14H,3,6-7H2,1-2H3. The molecule has 2 heterocycles. The molecule has 3 nitrogen and oxygen atoms in total. The first-order valence-electron chi connectivity index (χ1n) is 5.07. The minimum atomic E-state index is 0.272. The second-order valence-corrected chi connectivity index (χ2v) is 4.04.